The van der Waals surface area contributed by atoms with Crippen molar-refractivity contribution in [3.05, 3.63) is 57.5 Å². The highest BCUT2D eigenvalue weighted by molar-refractivity contribution is 9.10. The topological polar surface area (TPSA) is 66.5 Å². The molecule has 1 atom stereocenters. The van der Waals surface area contributed by atoms with Crippen LogP contribution in [-0.4, -0.2) is 26.6 Å². The predicted octanol–water partition coefficient (Wildman–Crippen LogP) is 4.59. The van der Waals surface area contributed by atoms with Gasteiger partial charge in [0.15, 0.2) is 0 Å². The van der Waals surface area contributed by atoms with E-state index >= 15 is 0 Å². The number of aryl methyl sites for hydroxylation is 1. The molecule has 26 heavy (non-hydrogen) atoms. The Labute approximate surface area is 167 Å². The van der Waals surface area contributed by atoms with Gasteiger partial charge < -0.3 is 5.32 Å². The molecule has 2 aromatic carbocycles. The van der Waals surface area contributed by atoms with Crippen LogP contribution >= 0.6 is 27.5 Å². The van der Waals surface area contributed by atoms with E-state index in [1.807, 2.05) is 19.1 Å². The Hall–Kier alpha value is -1.57. The first-order chi connectivity index (χ1) is 12.1. The summed E-state index contributed by atoms with van der Waals surface area (Å²) in [5.41, 5.74) is 1.97. The van der Waals surface area contributed by atoms with Crippen molar-refractivity contribution in [1.82, 2.24) is 0 Å². The third-order valence-electron chi connectivity index (χ3n) is 3.84. The number of anilines is 2. The van der Waals surface area contributed by atoms with E-state index in [2.05, 4.69) is 21.2 Å². The molecule has 0 aliphatic carbocycles. The first-order valence-corrected chi connectivity index (χ1v) is 11.0. The Morgan fingerprint density at radius 1 is 1.23 bits per heavy atom. The largest absolute Gasteiger partial charge is 0.324 e. The highest BCUT2D eigenvalue weighted by Crippen LogP contribution is 2.26. The lowest BCUT2D eigenvalue weighted by Gasteiger charge is -2.30. The van der Waals surface area contributed by atoms with Crippen molar-refractivity contribution in [1.29, 1.82) is 0 Å². The molecular formula is C18H20BrClN2O3S. The number of nitrogens with one attached hydrogen (secondary N) is 1. The minimum absolute atomic E-state index is 0.317. The van der Waals surface area contributed by atoms with Crippen LogP contribution in [0.2, 0.25) is 5.02 Å². The Kier molecular flexibility index (Phi) is 6.71. The van der Waals surface area contributed by atoms with Crippen molar-refractivity contribution in [2.45, 2.75) is 26.3 Å². The van der Waals surface area contributed by atoms with Crippen LogP contribution in [0.5, 0.6) is 0 Å². The summed E-state index contributed by atoms with van der Waals surface area (Å²) in [6.45, 7) is 3.68. The van der Waals surface area contributed by atoms with Gasteiger partial charge in [-0.1, -0.05) is 34.5 Å². The summed E-state index contributed by atoms with van der Waals surface area (Å²) < 4.78 is 26.8. The second-order valence-corrected chi connectivity index (χ2v) is 9.06. The summed E-state index contributed by atoms with van der Waals surface area (Å²) in [6.07, 6.45) is 1.40. The van der Waals surface area contributed by atoms with Crippen LogP contribution in [0.15, 0.2) is 46.9 Å². The number of amides is 1. The van der Waals surface area contributed by atoms with Crippen LogP contribution in [0.3, 0.4) is 0 Å². The van der Waals surface area contributed by atoms with Crippen LogP contribution in [0.25, 0.3) is 0 Å². The van der Waals surface area contributed by atoms with E-state index in [0.29, 0.717) is 22.8 Å². The van der Waals surface area contributed by atoms with Crippen molar-refractivity contribution in [2.24, 2.45) is 0 Å². The molecule has 1 N–H and O–H groups in total. The normalized spacial score (nSPS) is 12.5. The zero-order chi connectivity index (χ0) is 19.5. The molecule has 0 aromatic heterocycles. The fourth-order valence-electron chi connectivity index (χ4n) is 2.60. The molecule has 140 valence electrons. The summed E-state index contributed by atoms with van der Waals surface area (Å²) >= 11 is 9.30. The van der Waals surface area contributed by atoms with Crippen molar-refractivity contribution in [3.63, 3.8) is 0 Å². The predicted molar refractivity (Wildman–Crippen MR) is 110 cm³/mol. The standard InChI is InChI=1S/C18H20BrClN2O3S/c1-4-17(18(23)21-14-7-10-16(19)12(2)11-14)22(26(3,24)25)15-8-5-13(20)6-9-15/h5-11,17H,4H2,1-3H3,(H,21,23). The number of carbonyl (C=O) groups is 1. The maximum absolute atomic E-state index is 12.8. The fourth-order valence-corrected chi connectivity index (χ4v) is 4.18. The minimum Gasteiger partial charge on any atom is -0.324 e. The van der Waals surface area contributed by atoms with Gasteiger partial charge in [0.2, 0.25) is 15.9 Å². The maximum Gasteiger partial charge on any atom is 0.248 e. The number of nitrogens with zero attached hydrogens (tertiary/aromatic N) is 1. The third-order valence-corrected chi connectivity index (χ3v) is 6.16. The highest BCUT2D eigenvalue weighted by atomic mass is 79.9. The first-order valence-electron chi connectivity index (χ1n) is 7.95. The van der Waals surface area contributed by atoms with Gasteiger partial charge in [-0.15, -0.1) is 0 Å². The quantitative estimate of drug-likeness (QED) is 0.687. The number of benzene rings is 2. The maximum atomic E-state index is 12.8. The lowest BCUT2D eigenvalue weighted by molar-refractivity contribution is -0.117. The van der Waals surface area contributed by atoms with E-state index in [1.165, 1.54) is 0 Å². The molecule has 2 rings (SSSR count). The molecule has 0 aliphatic heterocycles. The van der Waals surface area contributed by atoms with Crippen molar-refractivity contribution in [3.8, 4) is 0 Å². The second-order valence-electron chi connectivity index (χ2n) is 5.91. The number of hydrogen-bond acceptors (Lipinski definition) is 3. The molecule has 0 radical (unpaired) electrons. The number of rotatable bonds is 6. The van der Waals surface area contributed by atoms with E-state index in [9.17, 15) is 13.2 Å². The molecule has 8 heteroatoms. The average Bonchev–Trinajstić information content (AvgIpc) is 2.56. The van der Waals surface area contributed by atoms with Gasteiger partial charge in [-0.25, -0.2) is 8.42 Å². The van der Waals surface area contributed by atoms with Crippen LogP contribution in [0.1, 0.15) is 18.9 Å². The molecule has 0 heterocycles. The van der Waals surface area contributed by atoms with E-state index in [1.54, 1.807) is 37.3 Å². The molecule has 0 fully saturated rings. The van der Waals surface area contributed by atoms with Crippen LogP contribution in [0.4, 0.5) is 11.4 Å². The fraction of sp³-hybridized carbons (Fsp3) is 0.278. The van der Waals surface area contributed by atoms with Gasteiger partial charge in [0, 0.05) is 15.2 Å². The molecular weight excluding hydrogens is 440 g/mol. The number of hydrogen-bond donors (Lipinski definition) is 1. The van der Waals surface area contributed by atoms with Crippen molar-refractivity contribution < 1.29 is 13.2 Å². The molecule has 1 unspecified atom stereocenters. The molecule has 5 nitrogen and oxygen atoms in total. The summed E-state index contributed by atoms with van der Waals surface area (Å²) in [5, 5.41) is 3.29. The Morgan fingerprint density at radius 2 is 1.85 bits per heavy atom. The second kappa shape index (κ2) is 8.41. The van der Waals surface area contributed by atoms with Gasteiger partial charge in [0.05, 0.1) is 11.9 Å². The summed E-state index contributed by atoms with van der Waals surface area (Å²) in [5.74, 6) is -0.394. The molecule has 1 amide bonds. The Bertz CT molecular complexity index is 901. The van der Waals surface area contributed by atoms with Gasteiger partial charge in [-0.2, -0.15) is 0 Å². The number of carbonyl (C=O) groups excluding carboxylic acids is 1. The van der Waals surface area contributed by atoms with E-state index in [0.717, 1.165) is 20.6 Å². The van der Waals surface area contributed by atoms with Gasteiger partial charge in [-0.3, -0.25) is 9.10 Å². The zero-order valence-corrected chi connectivity index (χ0v) is 17.8. The minimum atomic E-state index is -3.67. The van der Waals surface area contributed by atoms with Gasteiger partial charge in [-0.05, 0) is 61.4 Å². The van der Waals surface area contributed by atoms with Crippen molar-refractivity contribution in [2.75, 3.05) is 15.9 Å². The number of halogens is 2. The summed E-state index contributed by atoms with van der Waals surface area (Å²) in [4.78, 5) is 12.8. The molecule has 0 bridgehead atoms. The summed E-state index contributed by atoms with van der Waals surface area (Å²) in [6, 6.07) is 10.9. The molecule has 0 spiro atoms. The SMILES string of the molecule is CCC(C(=O)Nc1ccc(Br)c(C)c1)N(c1ccc(Cl)cc1)S(C)(=O)=O. The Balaban J connectivity index is 2.36. The van der Waals surface area contributed by atoms with E-state index in [4.69, 9.17) is 11.6 Å². The molecule has 0 aliphatic rings. The van der Waals surface area contributed by atoms with Crippen LogP contribution in [-0.2, 0) is 14.8 Å². The lowest BCUT2D eigenvalue weighted by atomic mass is 10.1. The van der Waals surface area contributed by atoms with Gasteiger partial charge in [0.25, 0.3) is 0 Å². The number of sulfonamides is 1. The zero-order valence-electron chi connectivity index (χ0n) is 14.7. The van der Waals surface area contributed by atoms with E-state index in [-0.39, 0.29) is 0 Å². The van der Waals surface area contributed by atoms with Crippen LogP contribution < -0.4 is 9.62 Å². The van der Waals surface area contributed by atoms with E-state index < -0.39 is 22.0 Å². The van der Waals surface area contributed by atoms with Gasteiger partial charge in [0.1, 0.15) is 6.04 Å². The Morgan fingerprint density at radius 3 is 2.35 bits per heavy atom. The molecule has 2 aromatic rings. The third kappa shape index (κ3) is 4.99. The smallest absolute Gasteiger partial charge is 0.248 e. The summed E-state index contributed by atoms with van der Waals surface area (Å²) in [7, 11) is -3.67. The average molecular weight is 460 g/mol. The molecule has 0 saturated carbocycles. The van der Waals surface area contributed by atoms with Crippen LogP contribution in [0, 0.1) is 6.92 Å². The first kappa shape index (κ1) is 20.7. The molecule has 0 saturated heterocycles. The van der Waals surface area contributed by atoms with Gasteiger partial charge >= 0.3 is 0 Å². The highest BCUT2D eigenvalue weighted by Gasteiger charge is 2.31. The van der Waals surface area contributed by atoms with Crippen molar-refractivity contribution >= 4 is 54.8 Å². The monoisotopic (exact) mass is 458 g/mol. The lowest BCUT2D eigenvalue weighted by Crippen LogP contribution is -2.47.